The average Bonchev–Trinajstić information content (AvgIpc) is 3.18. The summed E-state index contributed by atoms with van der Waals surface area (Å²) in [7, 11) is 3.89. The molecule has 0 aliphatic carbocycles. The number of nitrogens with one attached hydrogen (secondary N) is 1. The fourth-order valence-corrected chi connectivity index (χ4v) is 4.06. The molecule has 1 fully saturated rings. The predicted octanol–water partition coefficient (Wildman–Crippen LogP) is 3.66. The number of methoxy groups -OCH3 is 1. The molecule has 24 heavy (non-hydrogen) atoms. The van der Waals surface area contributed by atoms with E-state index >= 15 is 0 Å². The summed E-state index contributed by atoms with van der Waals surface area (Å²) in [5.74, 6) is 1.87. The van der Waals surface area contributed by atoms with Gasteiger partial charge >= 0.3 is 0 Å². The van der Waals surface area contributed by atoms with Crippen LogP contribution in [0.4, 0.5) is 5.82 Å². The Morgan fingerprint density at radius 1 is 1.33 bits per heavy atom. The number of halogens is 1. The SMILES string of the molecule is COc1ccc(Cl)cc1-n1nc(C2CCCCN2C)c2c1NCC2. The first-order chi connectivity index (χ1) is 11.7. The third kappa shape index (κ3) is 2.56. The largest absolute Gasteiger partial charge is 0.494 e. The number of fused-ring (bicyclic) bond motifs is 1. The fourth-order valence-electron chi connectivity index (χ4n) is 3.89. The molecule has 3 heterocycles. The van der Waals surface area contributed by atoms with Crippen molar-refractivity contribution in [2.75, 3.05) is 32.6 Å². The van der Waals surface area contributed by atoms with E-state index in [1.807, 2.05) is 22.9 Å². The van der Waals surface area contributed by atoms with Crippen LogP contribution < -0.4 is 10.1 Å². The second-order valence-electron chi connectivity index (χ2n) is 6.61. The molecule has 6 heteroatoms. The summed E-state index contributed by atoms with van der Waals surface area (Å²) in [6, 6.07) is 6.06. The minimum absolute atomic E-state index is 0.402. The summed E-state index contributed by atoms with van der Waals surface area (Å²) in [6.45, 7) is 2.10. The summed E-state index contributed by atoms with van der Waals surface area (Å²) >= 11 is 6.23. The molecule has 128 valence electrons. The minimum atomic E-state index is 0.402. The maximum Gasteiger partial charge on any atom is 0.144 e. The highest BCUT2D eigenvalue weighted by Crippen LogP contribution is 2.39. The molecule has 0 radical (unpaired) electrons. The lowest BCUT2D eigenvalue weighted by Gasteiger charge is -2.31. The summed E-state index contributed by atoms with van der Waals surface area (Å²) < 4.78 is 7.51. The van der Waals surface area contributed by atoms with Crippen molar-refractivity contribution < 1.29 is 4.74 Å². The van der Waals surface area contributed by atoms with Crippen LogP contribution in [0.1, 0.15) is 36.6 Å². The Bertz CT molecular complexity index is 758. The molecule has 1 aromatic heterocycles. The number of nitrogens with zero attached hydrogens (tertiary/aromatic N) is 3. The van der Waals surface area contributed by atoms with Gasteiger partial charge in [-0.25, -0.2) is 4.68 Å². The molecule has 1 aromatic carbocycles. The van der Waals surface area contributed by atoms with Crippen LogP contribution in [0.5, 0.6) is 5.75 Å². The van der Waals surface area contributed by atoms with E-state index in [0.717, 1.165) is 36.8 Å². The minimum Gasteiger partial charge on any atom is -0.494 e. The molecule has 2 aliphatic rings. The molecule has 1 atom stereocenters. The lowest BCUT2D eigenvalue weighted by molar-refractivity contribution is 0.182. The van der Waals surface area contributed by atoms with Crippen LogP contribution in [0.3, 0.4) is 0 Å². The van der Waals surface area contributed by atoms with Gasteiger partial charge in [-0.15, -0.1) is 0 Å². The van der Waals surface area contributed by atoms with Crippen LogP contribution in [0.25, 0.3) is 5.69 Å². The second kappa shape index (κ2) is 6.30. The van der Waals surface area contributed by atoms with Gasteiger partial charge in [-0.1, -0.05) is 18.0 Å². The van der Waals surface area contributed by atoms with Crippen molar-refractivity contribution in [2.24, 2.45) is 0 Å². The van der Waals surface area contributed by atoms with E-state index < -0.39 is 0 Å². The number of hydrogen-bond acceptors (Lipinski definition) is 4. The molecule has 0 amide bonds. The second-order valence-corrected chi connectivity index (χ2v) is 7.05. The Morgan fingerprint density at radius 3 is 3.00 bits per heavy atom. The molecule has 0 saturated carbocycles. The summed E-state index contributed by atoms with van der Waals surface area (Å²) in [6.07, 6.45) is 4.74. The van der Waals surface area contributed by atoms with Gasteiger partial charge in [-0.2, -0.15) is 5.10 Å². The fraction of sp³-hybridized carbons (Fsp3) is 0.500. The first kappa shape index (κ1) is 15.8. The van der Waals surface area contributed by atoms with Gasteiger partial charge in [0.25, 0.3) is 0 Å². The standard InChI is InChI=1S/C18H23ClN4O/c1-22-10-4-3-5-14(22)17-13-8-9-20-18(13)23(21-17)15-11-12(19)6-7-16(15)24-2/h6-7,11,14,20H,3-5,8-10H2,1-2H3. The number of hydrogen-bond donors (Lipinski definition) is 1. The molecule has 1 saturated heterocycles. The molecular weight excluding hydrogens is 324 g/mol. The Balaban J connectivity index is 1.83. The van der Waals surface area contributed by atoms with Gasteiger partial charge in [0.1, 0.15) is 17.3 Å². The van der Waals surface area contributed by atoms with Gasteiger partial charge in [0.2, 0.25) is 0 Å². The quantitative estimate of drug-likeness (QED) is 0.921. The lowest BCUT2D eigenvalue weighted by Crippen LogP contribution is -2.30. The monoisotopic (exact) mass is 346 g/mol. The van der Waals surface area contributed by atoms with Gasteiger partial charge in [0.15, 0.2) is 0 Å². The highest BCUT2D eigenvalue weighted by Gasteiger charge is 2.31. The van der Waals surface area contributed by atoms with Crippen LogP contribution >= 0.6 is 11.6 Å². The molecule has 0 bridgehead atoms. The zero-order chi connectivity index (χ0) is 16.7. The molecule has 1 N–H and O–H groups in total. The van der Waals surface area contributed by atoms with Gasteiger partial charge in [-0.05, 0) is 51.1 Å². The number of ether oxygens (including phenoxy) is 1. The number of aromatic nitrogens is 2. The van der Waals surface area contributed by atoms with Crippen LogP contribution in [0, 0.1) is 0 Å². The van der Waals surface area contributed by atoms with Crippen molar-refractivity contribution in [3.05, 3.63) is 34.5 Å². The van der Waals surface area contributed by atoms with Gasteiger partial charge in [0, 0.05) is 17.1 Å². The zero-order valence-electron chi connectivity index (χ0n) is 14.2. The molecule has 2 aromatic rings. The topological polar surface area (TPSA) is 42.3 Å². The van der Waals surface area contributed by atoms with Crippen molar-refractivity contribution in [3.63, 3.8) is 0 Å². The van der Waals surface area contributed by atoms with E-state index in [0.29, 0.717) is 11.1 Å². The summed E-state index contributed by atoms with van der Waals surface area (Å²) in [5, 5.41) is 9.18. The van der Waals surface area contributed by atoms with E-state index in [9.17, 15) is 0 Å². The molecule has 0 spiro atoms. The Kier molecular flexibility index (Phi) is 4.14. The van der Waals surface area contributed by atoms with Crippen molar-refractivity contribution in [3.8, 4) is 11.4 Å². The molecule has 2 aliphatic heterocycles. The first-order valence-corrected chi connectivity index (χ1v) is 8.96. The van der Waals surface area contributed by atoms with Gasteiger partial charge in [0.05, 0.1) is 18.8 Å². The Labute approximate surface area is 147 Å². The number of likely N-dealkylation sites (tertiary alicyclic amines) is 1. The van der Waals surface area contributed by atoms with Crippen LogP contribution in [0.15, 0.2) is 18.2 Å². The number of rotatable bonds is 3. The smallest absolute Gasteiger partial charge is 0.144 e. The maximum absolute atomic E-state index is 6.23. The molecule has 1 unspecified atom stereocenters. The number of anilines is 1. The highest BCUT2D eigenvalue weighted by atomic mass is 35.5. The van der Waals surface area contributed by atoms with Gasteiger partial charge < -0.3 is 10.1 Å². The van der Waals surface area contributed by atoms with Crippen molar-refractivity contribution >= 4 is 17.4 Å². The Morgan fingerprint density at radius 2 is 2.21 bits per heavy atom. The lowest BCUT2D eigenvalue weighted by atomic mass is 9.97. The van der Waals surface area contributed by atoms with Crippen LogP contribution in [-0.2, 0) is 6.42 Å². The first-order valence-electron chi connectivity index (χ1n) is 8.59. The molecular formula is C18H23ClN4O. The Hall–Kier alpha value is -1.72. The molecule has 5 nitrogen and oxygen atoms in total. The van der Waals surface area contributed by atoms with Crippen LogP contribution in [0.2, 0.25) is 5.02 Å². The highest BCUT2D eigenvalue weighted by molar-refractivity contribution is 6.30. The van der Waals surface area contributed by atoms with Gasteiger partial charge in [-0.3, -0.25) is 4.90 Å². The third-order valence-electron chi connectivity index (χ3n) is 5.14. The number of benzene rings is 1. The van der Waals surface area contributed by atoms with Crippen LogP contribution in [-0.4, -0.2) is 41.9 Å². The van der Waals surface area contributed by atoms with E-state index in [2.05, 4.69) is 17.3 Å². The zero-order valence-corrected chi connectivity index (χ0v) is 14.9. The maximum atomic E-state index is 6.23. The van der Waals surface area contributed by atoms with Crippen molar-refractivity contribution in [1.29, 1.82) is 0 Å². The summed E-state index contributed by atoms with van der Waals surface area (Å²) in [4.78, 5) is 2.43. The van der Waals surface area contributed by atoms with Crippen molar-refractivity contribution in [2.45, 2.75) is 31.7 Å². The predicted molar refractivity (Wildman–Crippen MR) is 96.5 cm³/mol. The van der Waals surface area contributed by atoms with E-state index in [-0.39, 0.29) is 0 Å². The molecule has 4 rings (SSSR count). The third-order valence-corrected chi connectivity index (χ3v) is 5.37. The summed E-state index contributed by atoms with van der Waals surface area (Å²) in [5.41, 5.74) is 3.44. The van der Waals surface area contributed by atoms with E-state index in [1.54, 1.807) is 7.11 Å². The number of piperidine rings is 1. The van der Waals surface area contributed by atoms with E-state index in [1.165, 1.54) is 30.5 Å². The normalized spacial score (nSPS) is 20.7. The average molecular weight is 347 g/mol. The van der Waals surface area contributed by atoms with Crippen molar-refractivity contribution in [1.82, 2.24) is 14.7 Å². The van der Waals surface area contributed by atoms with E-state index in [4.69, 9.17) is 21.4 Å².